The van der Waals surface area contributed by atoms with E-state index in [2.05, 4.69) is 0 Å². The standard InChI is InChI=1S/C8H13NO5S/c1-2-15(13,14)9-4-3-6(8(11)12)5-7(9)10/h6H,2-5H2,1H3,(H,11,12). The third-order valence-corrected chi connectivity index (χ3v) is 4.22. The Morgan fingerprint density at radius 3 is 2.60 bits per heavy atom. The predicted molar refractivity (Wildman–Crippen MR) is 51.5 cm³/mol. The highest BCUT2D eigenvalue weighted by Crippen LogP contribution is 2.21. The van der Waals surface area contributed by atoms with Crippen molar-refractivity contribution in [3.63, 3.8) is 0 Å². The number of carbonyl (C=O) groups is 2. The van der Waals surface area contributed by atoms with Crippen LogP contribution in [0.2, 0.25) is 0 Å². The van der Waals surface area contributed by atoms with Crippen LogP contribution >= 0.6 is 0 Å². The van der Waals surface area contributed by atoms with E-state index in [1.165, 1.54) is 6.92 Å². The SMILES string of the molecule is CCS(=O)(=O)N1CCC(C(=O)O)CC1=O. The van der Waals surface area contributed by atoms with E-state index in [0.717, 1.165) is 4.31 Å². The van der Waals surface area contributed by atoms with E-state index in [1.54, 1.807) is 0 Å². The summed E-state index contributed by atoms with van der Waals surface area (Å²) in [5.41, 5.74) is 0. The van der Waals surface area contributed by atoms with E-state index < -0.39 is 27.8 Å². The molecule has 0 aliphatic carbocycles. The highest BCUT2D eigenvalue weighted by molar-refractivity contribution is 7.89. The van der Waals surface area contributed by atoms with Crippen molar-refractivity contribution in [1.29, 1.82) is 0 Å². The Hall–Kier alpha value is -1.11. The second kappa shape index (κ2) is 4.18. The highest BCUT2D eigenvalue weighted by atomic mass is 32.2. The molecular formula is C8H13NO5S. The number of carboxylic acids is 1. The highest BCUT2D eigenvalue weighted by Gasteiger charge is 2.35. The number of amides is 1. The quantitative estimate of drug-likeness (QED) is 0.722. The molecule has 86 valence electrons. The van der Waals surface area contributed by atoms with Crippen LogP contribution in [-0.4, -0.2) is 42.0 Å². The average Bonchev–Trinajstić information content (AvgIpc) is 2.17. The molecule has 6 nitrogen and oxygen atoms in total. The van der Waals surface area contributed by atoms with Crippen molar-refractivity contribution < 1.29 is 23.1 Å². The molecule has 1 heterocycles. The van der Waals surface area contributed by atoms with Crippen LogP contribution in [0.5, 0.6) is 0 Å². The third-order valence-electron chi connectivity index (χ3n) is 2.43. The Morgan fingerprint density at radius 1 is 1.60 bits per heavy atom. The van der Waals surface area contributed by atoms with Crippen molar-refractivity contribution in [3.8, 4) is 0 Å². The fourth-order valence-electron chi connectivity index (χ4n) is 1.47. The zero-order valence-electron chi connectivity index (χ0n) is 8.34. The molecular weight excluding hydrogens is 222 g/mol. The molecule has 0 aromatic carbocycles. The summed E-state index contributed by atoms with van der Waals surface area (Å²) in [4.78, 5) is 22.0. The Balaban J connectivity index is 2.78. The molecule has 1 unspecified atom stereocenters. The second-order valence-corrected chi connectivity index (χ2v) is 5.58. The predicted octanol–water partition coefficient (Wildman–Crippen LogP) is -0.341. The van der Waals surface area contributed by atoms with Gasteiger partial charge in [0.1, 0.15) is 0 Å². The molecule has 1 aliphatic heterocycles. The van der Waals surface area contributed by atoms with Crippen molar-refractivity contribution in [2.45, 2.75) is 19.8 Å². The number of piperidine rings is 1. The lowest BCUT2D eigenvalue weighted by molar-refractivity contribution is -0.147. The van der Waals surface area contributed by atoms with Gasteiger partial charge in [0.05, 0.1) is 11.7 Å². The van der Waals surface area contributed by atoms with Gasteiger partial charge >= 0.3 is 5.97 Å². The van der Waals surface area contributed by atoms with Gasteiger partial charge in [-0.2, -0.15) is 0 Å². The fourth-order valence-corrected chi connectivity index (χ4v) is 2.55. The van der Waals surface area contributed by atoms with E-state index in [1.807, 2.05) is 0 Å². The Morgan fingerprint density at radius 2 is 2.20 bits per heavy atom. The second-order valence-electron chi connectivity index (χ2n) is 3.39. The van der Waals surface area contributed by atoms with Crippen molar-refractivity contribution in [1.82, 2.24) is 4.31 Å². The maximum atomic E-state index is 11.4. The molecule has 7 heteroatoms. The fraction of sp³-hybridized carbons (Fsp3) is 0.750. The van der Waals surface area contributed by atoms with Gasteiger partial charge in [-0.15, -0.1) is 0 Å². The van der Waals surface area contributed by atoms with Gasteiger partial charge in [-0.1, -0.05) is 0 Å². The van der Waals surface area contributed by atoms with Crippen LogP contribution in [0.1, 0.15) is 19.8 Å². The summed E-state index contributed by atoms with van der Waals surface area (Å²) >= 11 is 0. The monoisotopic (exact) mass is 235 g/mol. The number of sulfonamides is 1. The molecule has 1 N–H and O–H groups in total. The minimum Gasteiger partial charge on any atom is -0.481 e. The van der Waals surface area contributed by atoms with Gasteiger partial charge in [0, 0.05) is 13.0 Å². The molecule has 1 saturated heterocycles. The minimum absolute atomic E-state index is 0.0219. The Kier molecular flexibility index (Phi) is 3.33. The first kappa shape index (κ1) is 12.0. The number of hydrogen-bond acceptors (Lipinski definition) is 4. The smallest absolute Gasteiger partial charge is 0.307 e. The molecule has 1 amide bonds. The molecule has 0 bridgehead atoms. The van der Waals surface area contributed by atoms with E-state index in [4.69, 9.17) is 5.11 Å². The van der Waals surface area contributed by atoms with Gasteiger partial charge in [0.25, 0.3) is 0 Å². The molecule has 0 aromatic heterocycles. The topological polar surface area (TPSA) is 91.8 Å². The molecule has 0 radical (unpaired) electrons. The van der Waals surface area contributed by atoms with E-state index >= 15 is 0 Å². The number of carboxylic acid groups (broad SMARTS) is 1. The summed E-state index contributed by atoms with van der Waals surface area (Å²) in [7, 11) is -3.53. The molecule has 0 aromatic rings. The minimum atomic E-state index is -3.53. The summed E-state index contributed by atoms with van der Waals surface area (Å²) < 4.78 is 23.6. The first-order chi connectivity index (χ1) is 6.88. The summed E-state index contributed by atoms with van der Waals surface area (Å²) in [5.74, 6) is -2.55. The zero-order valence-corrected chi connectivity index (χ0v) is 9.16. The van der Waals surface area contributed by atoms with Gasteiger partial charge in [-0.3, -0.25) is 9.59 Å². The largest absolute Gasteiger partial charge is 0.481 e. The molecule has 1 fully saturated rings. The summed E-state index contributed by atoms with van der Waals surface area (Å²) in [5, 5.41) is 8.68. The van der Waals surface area contributed by atoms with E-state index in [-0.39, 0.29) is 25.1 Å². The van der Waals surface area contributed by atoms with Crippen LogP contribution < -0.4 is 0 Å². The van der Waals surface area contributed by atoms with Crippen molar-refractivity contribution in [2.75, 3.05) is 12.3 Å². The Bertz CT molecular complexity index is 374. The average molecular weight is 235 g/mol. The lowest BCUT2D eigenvalue weighted by Gasteiger charge is -2.28. The molecule has 0 saturated carbocycles. The van der Waals surface area contributed by atoms with Gasteiger partial charge in [-0.25, -0.2) is 12.7 Å². The van der Waals surface area contributed by atoms with Crippen molar-refractivity contribution in [2.24, 2.45) is 5.92 Å². The lowest BCUT2D eigenvalue weighted by atomic mass is 9.98. The number of aliphatic carboxylic acids is 1. The Labute approximate surface area is 87.9 Å². The van der Waals surface area contributed by atoms with Gasteiger partial charge in [0.15, 0.2) is 0 Å². The normalized spacial score (nSPS) is 22.9. The zero-order chi connectivity index (χ0) is 11.6. The van der Waals surface area contributed by atoms with Crippen LogP contribution in [0.4, 0.5) is 0 Å². The first-order valence-corrected chi connectivity index (χ1v) is 6.25. The van der Waals surface area contributed by atoms with Crippen molar-refractivity contribution >= 4 is 21.9 Å². The van der Waals surface area contributed by atoms with Crippen LogP contribution in [0, 0.1) is 5.92 Å². The van der Waals surface area contributed by atoms with Gasteiger partial charge in [-0.05, 0) is 13.3 Å². The molecule has 1 rings (SSSR count). The van der Waals surface area contributed by atoms with Crippen molar-refractivity contribution in [3.05, 3.63) is 0 Å². The molecule has 0 spiro atoms. The summed E-state index contributed by atoms with van der Waals surface area (Å²) in [6.45, 7) is 1.43. The lowest BCUT2D eigenvalue weighted by Crippen LogP contribution is -2.44. The molecule has 15 heavy (non-hydrogen) atoms. The van der Waals surface area contributed by atoms with Gasteiger partial charge in [0.2, 0.25) is 15.9 Å². The van der Waals surface area contributed by atoms with Crippen LogP contribution in [0.15, 0.2) is 0 Å². The van der Waals surface area contributed by atoms with E-state index in [9.17, 15) is 18.0 Å². The van der Waals surface area contributed by atoms with E-state index in [0.29, 0.717) is 0 Å². The molecule has 1 atom stereocenters. The van der Waals surface area contributed by atoms with Crippen LogP contribution in [0.25, 0.3) is 0 Å². The summed E-state index contributed by atoms with van der Waals surface area (Å²) in [6.07, 6.45) is -0.0329. The van der Waals surface area contributed by atoms with Crippen LogP contribution in [-0.2, 0) is 19.6 Å². The van der Waals surface area contributed by atoms with Crippen LogP contribution in [0.3, 0.4) is 0 Å². The number of hydrogen-bond donors (Lipinski definition) is 1. The van der Waals surface area contributed by atoms with Gasteiger partial charge < -0.3 is 5.11 Å². The number of nitrogens with zero attached hydrogens (tertiary/aromatic N) is 1. The first-order valence-electron chi connectivity index (χ1n) is 4.64. The summed E-state index contributed by atoms with van der Waals surface area (Å²) in [6, 6.07) is 0. The molecule has 1 aliphatic rings. The number of rotatable bonds is 3. The maximum absolute atomic E-state index is 11.4. The maximum Gasteiger partial charge on any atom is 0.307 e. The third kappa shape index (κ3) is 2.47. The number of carbonyl (C=O) groups excluding carboxylic acids is 1.